The van der Waals surface area contributed by atoms with Crippen LogP contribution in [0.2, 0.25) is 0 Å². The van der Waals surface area contributed by atoms with Crippen LogP contribution >= 0.6 is 0 Å². The van der Waals surface area contributed by atoms with Crippen LogP contribution in [-0.2, 0) is 0 Å². The van der Waals surface area contributed by atoms with Crippen LogP contribution in [0, 0.1) is 6.92 Å². The zero-order chi connectivity index (χ0) is 10.8. The van der Waals surface area contributed by atoms with Gasteiger partial charge < -0.3 is 15.0 Å². The Morgan fingerprint density at radius 3 is 2.93 bits per heavy atom. The zero-order valence-electron chi connectivity index (χ0n) is 9.63. The Labute approximate surface area is 91.0 Å². The second-order valence-electron chi connectivity index (χ2n) is 3.61. The maximum atomic E-state index is 5.61. The summed E-state index contributed by atoms with van der Waals surface area (Å²) in [5.74, 6) is 1.03. The molecule has 82 valence electrons. The van der Waals surface area contributed by atoms with Crippen molar-refractivity contribution in [2.24, 2.45) is 0 Å². The van der Waals surface area contributed by atoms with E-state index in [0.717, 1.165) is 25.6 Å². The van der Waals surface area contributed by atoms with Crippen molar-refractivity contribution in [2.45, 2.75) is 20.8 Å². The third-order valence-electron chi connectivity index (χ3n) is 2.61. The van der Waals surface area contributed by atoms with Gasteiger partial charge in [0.25, 0.3) is 0 Å². The second kappa shape index (κ2) is 4.01. The van der Waals surface area contributed by atoms with Gasteiger partial charge in [0.05, 0.1) is 18.9 Å². The van der Waals surface area contributed by atoms with E-state index < -0.39 is 0 Å². The third kappa shape index (κ3) is 1.62. The fourth-order valence-electron chi connectivity index (χ4n) is 2.03. The Balaban J connectivity index is 0.000000404. The lowest BCUT2D eigenvalue weighted by Crippen LogP contribution is -2.31. The van der Waals surface area contributed by atoms with Crippen molar-refractivity contribution in [2.75, 3.05) is 30.0 Å². The minimum atomic E-state index is 0.803. The van der Waals surface area contributed by atoms with Gasteiger partial charge in [0.15, 0.2) is 0 Å². The van der Waals surface area contributed by atoms with Gasteiger partial charge in [-0.1, -0.05) is 13.8 Å². The van der Waals surface area contributed by atoms with E-state index in [0.29, 0.717) is 0 Å². The highest BCUT2D eigenvalue weighted by Gasteiger charge is 2.26. The van der Waals surface area contributed by atoms with Gasteiger partial charge in [0, 0.05) is 0 Å². The Hall–Kier alpha value is -1.38. The lowest BCUT2D eigenvalue weighted by atomic mass is 10.1. The monoisotopic (exact) mass is 206 g/mol. The summed E-state index contributed by atoms with van der Waals surface area (Å²) in [7, 11) is 0. The Bertz CT molecular complexity index is 363. The minimum absolute atomic E-state index is 0.803. The Morgan fingerprint density at radius 1 is 1.33 bits per heavy atom. The molecule has 3 heteroatoms. The van der Waals surface area contributed by atoms with Crippen LogP contribution in [-0.4, -0.2) is 19.8 Å². The second-order valence-corrected chi connectivity index (χ2v) is 3.61. The Kier molecular flexibility index (Phi) is 2.71. The lowest BCUT2D eigenvalue weighted by Gasteiger charge is -2.26. The SMILES string of the molecule is CC.Cc1cc2c3c(c1)OCCN3CN2. The molecule has 1 aromatic carbocycles. The normalized spacial score (nSPS) is 15.8. The number of anilines is 2. The van der Waals surface area contributed by atoms with Crippen LogP contribution in [0.3, 0.4) is 0 Å². The Morgan fingerprint density at radius 2 is 2.13 bits per heavy atom. The predicted molar refractivity (Wildman–Crippen MR) is 63.9 cm³/mol. The molecule has 15 heavy (non-hydrogen) atoms. The van der Waals surface area contributed by atoms with Crippen LogP contribution in [0.25, 0.3) is 0 Å². The van der Waals surface area contributed by atoms with Crippen molar-refractivity contribution in [3.63, 3.8) is 0 Å². The van der Waals surface area contributed by atoms with E-state index in [4.69, 9.17) is 4.74 Å². The van der Waals surface area contributed by atoms with Crippen molar-refractivity contribution >= 4 is 11.4 Å². The van der Waals surface area contributed by atoms with Crippen molar-refractivity contribution in [3.05, 3.63) is 17.7 Å². The quantitative estimate of drug-likeness (QED) is 0.706. The van der Waals surface area contributed by atoms with Gasteiger partial charge in [-0.05, 0) is 24.6 Å². The van der Waals surface area contributed by atoms with Crippen molar-refractivity contribution in [1.82, 2.24) is 0 Å². The smallest absolute Gasteiger partial charge is 0.145 e. The summed E-state index contributed by atoms with van der Waals surface area (Å²) in [6.07, 6.45) is 0. The number of hydrogen-bond acceptors (Lipinski definition) is 3. The molecule has 0 saturated heterocycles. The molecule has 0 aliphatic carbocycles. The summed E-state index contributed by atoms with van der Waals surface area (Å²) < 4.78 is 5.61. The first kappa shape index (κ1) is 10.1. The topological polar surface area (TPSA) is 24.5 Å². The van der Waals surface area contributed by atoms with E-state index in [1.54, 1.807) is 0 Å². The molecule has 0 aromatic heterocycles. The summed E-state index contributed by atoms with van der Waals surface area (Å²) in [6, 6.07) is 4.28. The number of hydrogen-bond donors (Lipinski definition) is 1. The van der Waals surface area contributed by atoms with Gasteiger partial charge in [0.1, 0.15) is 18.0 Å². The minimum Gasteiger partial charge on any atom is -0.489 e. The number of nitrogens with zero attached hydrogens (tertiary/aromatic N) is 1. The largest absolute Gasteiger partial charge is 0.489 e. The summed E-state index contributed by atoms with van der Waals surface area (Å²) in [5.41, 5.74) is 3.72. The predicted octanol–water partition coefficient (Wildman–Crippen LogP) is 2.60. The molecule has 2 heterocycles. The average molecular weight is 206 g/mol. The molecule has 0 bridgehead atoms. The highest BCUT2D eigenvalue weighted by atomic mass is 16.5. The van der Waals surface area contributed by atoms with Gasteiger partial charge in [-0.2, -0.15) is 0 Å². The molecule has 2 aliphatic rings. The standard InChI is InChI=1S/C10H12N2O.C2H6/c1-7-4-8-10-9(5-7)13-3-2-12(10)6-11-8;1-2/h4-5,11H,2-3,6H2,1H3;1-2H3. The van der Waals surface area contributed by atoms with E-state index in [9.17, 15) is 0 Å². The third-order valence-corrected chi connectivity index (χ3v) is 2.61. The van der Waals surface area contributed by atoms with Gasteiger partial charge in [-0.15, -0.1) is 0 Å². The van der Waals surface area contributed by atoms with Crippen LogP contribution in [0.1, 0.15) is 19.4 Å². The number of rotatable bonds is 0. The van der Waals surface area contributed by atoms with E-state index in [1.165, 1.54) is 16.9 Å². The zero-order valence-corrected chi connectivity index (χ0v) is 9.63. The van der Waals surface area contributed by atoms with Crippen LogP contribution in [0.5, 0.6) is 5.75 Å². The molecule has 3 nitrogen and oxygen atoms in total. The first-order valence-corrected chi connectivity index (χ1v) is 5.61. The van der Waals surface area contributed by atoms with Crippen molar-refractivity contribution in [1.29, 1.82) is 0 Å². The van der Waals surface area contributed by atoms with Crippen LogP contribution < -0.4 is 15.0 Å². The first-order chi connectivity index (χ1) is 7.34. The molecule has 0 unspecified atom stereocenters. The number of nitrogens with one attached hydrogen (secondary N) is 1. The van der Waals surface area contributed by atoms with Crippen LogP contribution in [0.4, 0.5) is 11.4 Å². The molecule has 0 spiro atoms. The maximum absolute atomic E-state index is 5.61. The van der Waals surface area contributed by atoms with E-state index in [2.05, 4.69) is 29.3 Å². The number of aryl methyl sites for hydroxylation is 1. The molecule has 0 fully saturated rings. The molecule has 2 aliphatic heterocycles. The van der Waals surface area contributed by atoms with Gasteiger partial charge in [0.2, 0.25) is 0 Å². The first-order valence-electron chi connectivity index (χ1n) is 5.61. The summed E-state index contributed by atoms with van der Waals surface area (Å²) in [5, 5.41) is 3.37. The van der Waals surface area contributed by atoms with Crippen LogP contribution in [0.15, 0.2) is 12.1 Å². The summed E-state index contributed by atoms with van der Waals surface area (Å²) in [6.45, 7) is 8.82. The molecular weight excluding hydrogens is 188 g/mol. The summed E-state index contributed by atoms with van der Waals surface area (Å²) in [4.78, 5) is 2.33. The molecular formula is C12H18N2O. The molecule has 1 N–H and O–H groups in total. The van der Waals surface area contributed by atoms with Crippen molar-refractivity contribution in [3.8, 4) is 5.75 Å². The molecule has 1 aromatic rings. The van der Waals surface area contributed by atoms with Crippen molar-refractivity contribution < 1.29 is 4.74 Å². The van der Waals surface area contributed by atoms with E-state index in [-0.39, 0.29) is 0 Å². The van der Waals surface area contributed by atoms with Gasteiger partial charge >= 0.3 is 0 Å². The van der Waals surface area contributed by atoms with E-state index >= 15 is 0 Å². The summed E-state index contributed by atoms with van der Waals surface area (Å²) >= 11 is 0. The molecule has 0 radical (unpaired) electrons. The molecule has 0 atom stereocenters. The highest BCUT2D eigenvalue weighted by molar-refractivity contribution is 5.82. The molecule has 3 rings (SSSR count). The van der Waals surface area contributed by atoms with Gasteiger partial charge in [-0.3, -0.25) is 0 Å². The average Bonchev–Trinajstić information content (AvgIpc) is 2.66. The highest BCUT2D eigenvalue weighted by Crippen LogP contribution is 2.42. The molecule has 0 saturated carbocycles. The van der Waals surface area contributed by atoms with E-state index in [1.807, 2.05) is 13.8 Å². The fraction of sp³-hybridized carbons (Fsp3) is 0.500. The molecule has 0 amide bonds. The number of ether oxygens (including phenoxy) is 1. The fourth-order valence-corrected chi connectivity index (χ4v) is 2.03. The van der Waals surface area contributed by atoms with Gasteiger partial charge in [-0.25, -0.2) is 0 Å². The maximum Gasteiger partial charge on any atom is 0.145 e. The number of benzene rings is 1. The lowest BCUT2D eigenvalue weighted by molar-refractivity contribution is 0.311.